The molecule has 0 atom stereocenters. The first-order valence-corrected chi connectivity index (χ1v) is 7.33. The Balaban J connectivity index is 3.10. The van der Waals surface area contributed by atoms with Crippen LogP contribution in [0.15, 0.2) is 0 Å². The predicted octanol–water partition coefficient (Wildman–Crippen LogP) is 3.89. The van der Waals surface area contributed by atoms with Crippen molar-refractivity contribution >= 4 is 17.7 Å². The maximum Gasteiger partial charge on any atom is 0.315 e. The number of carbonyl (C=O) groups excluding carboxylic acids is 1. The monoisotopic (exact) mass is 268 g/mol. The Morgan fingerprint density at radius 2 is 1.94 bits per heavy atom. The highest BCUT2D eigenvalue weighted by atomic mass is 32.2. The lowest BCUT2D eigenvalue weighted by Crippen LogP contribution is -2.08. The Bertz CT molecular complexity index is 189. The largest absolute Gasteiger partial charge is 0.465 e. The minimum absolute atomic E-state index is 0.0104. The Morgan fingerprint density at radius 1 is 1.24 bits per heavy atom. The molecule has 102 valence electrons. The fourth-order valence-electron chi connectivity index (χ4n) is 1.27. The van der Waals surface area contributed by atoms with E-state index >= 15 is 0 Å². The molecule has 17 heavy (non-hydrogen) atoms. The van der Waals surface area contributed by atoms with Crippen molar-refractivity contribution in [3.63, 3.8) is 0 Å². The van der Waals surface area contributed by atoms with E-state index < -0.39 is 6.43 Å². The van der Waals surface area contributed by atoms with Crippen molar-refractivity contribution in [3.8, 4) is 0 Å². The maximum absolute atomic E-state index is 11.8. The minimum Gasteiger partial charge on any atom is -0.465 e. The summed E-state index contributed by atoms with van der Waals surface area (Å²) in [7, 11) is 0. The molecule has 2 nitrogen and oxygen atoms in total. The lowest BCUT2D eigenvalue weighted by molar-refractivity contribution is -0.140. The molecule has 0 amide bonds. The zero-order valence-electron chi connectivity index (χ0n) is 10.4. The lowest BCUT2D eigenvalue weighted by atomic mass is 10.2. The van der Waals surface area contributed by atoms with Crippen molar-refractivity contribution in [1.82, 2.24) is 0 Å². The van der Waals surface area contributed by atoms with Gasteiger partial charge in [-0.2, -0.15) is 11.8 Å². The topological polar surface area (TPSA) is 26.3 Å². The van der Waals surface area contributed by atoms with Gasteiger partial charge in [0.25, 0.3) is 0 Å². The summed E-state index contributed by atoms with van der Waals surface area (Å²) < 4.78 is 28.5. The van der Waals surface area contributed by atoms with Crippen molar-refractivity contribution in [2.24, 2.45) is 0 Å². The van der Waals surface area contributed by atoms with Crippen LogP contribution < -0.4 is 0 Å². The van der Waals surface area contributed by atoms with Gasteiger partial charge in [0, 0.05) is 6.42 Å². The van der Waals surface area contributed by atoms with E-state index in [1.165, 1.54) is 0 Å². The van der Waals surface area contributed by atoms with Gasteiger partial charge in [-0.05, 0) is 25.0 Å². The minimum atomic E-state index is -2.17. The molecule has 0 aliphatic heterocycles. The van der Waals surface area contributed by atoms with Crippen molar-refractivity contribution in [2.75, 3.05) is 18.1 Å². The fraction of sp³-hybridized carbons (Fsp3) is 0.917. The first kappa shape index (κ1) is 16.7. The number of thioether (sulfide) groups is 1. The number of carbonyl (C=O) groups is 1. The normalized spacial score (nSPS) is 10.8. The van der Waals surface area contributed by atoms with Crippen LogP contribution >= 0.6 is 11.8 Å². The van der Waals surface area contributed by atoms with Gasteiger partial charge < -0.3 is 4.74 Å². The van der Waals surface area contributed by atoms with Gasteiger partial charge in [0.1, 0.15) is 0 Å². The average Bonchev–Trinajstić information content (AvgIpc) is 2.29. The summed E-state index contributed by atoms with van der Waals surface area (Å²) >= 11 is 1.55. The number of ether oxygens (including phenoxy) is 1. The fourth-order valence-corrected chi connectivity index (χ4v) is 2.07. The molecule has 0 aromatic rings. The number of unbranched alkanes of at least 4 members (excludes halogenated alkanes) is 3. The highest BCUT2D eigenvalue weighted by molar-refractivity contribution is 7.99. The van der Waals surface area contributed by atoms with Gasteiger partial charge >= 0.3 is 5.97 Å². The SMILES string of the molecule is CCCOC(=O)CSCCCCCCC(F)F. The first-order valence-electron chi connectivity index (χ1n) is 6.18. The number of rotatable bonds is 11. The van der Waals surface area contributed by atoms with Gasteiger partial charge in [-0.15, -0.1) is 0 Å². The van der Waals surface area contributed by atoms with Gasteiger partial charge in [0.2, 0.25) is 6.43 Å². The van der Waals surface area contributed by atoms with Crippen LogP contribution in [0.5, 0.6) is 0 Å². The quantitative estimate of drug-likeness (QED) is 0.420. The number of halogens is 2. The van der Waals surface area contributed by atoms with E-state index in [1.807, 2.05) is 6.92 Å². The van der Waals surface area contributed by atoms with Crippen molar-refractivity contribution < 1.29 is 18.3 Å². The number of esters is 1. The zero-order valence-corrected chi connectivity index (χ0v) is 11.2. The van der Waals surface area contributed by atoms with E-state index in [0.29, 0.717) is 18.8 Å². The average molecular weight is 268 g/mol. The van der Waals surface area contributed by atoms with E-state index in [9.17, 15) is 13.6 Å². The first-order chi connectivity index (χ1) is 8.16. The molecule has 0 heterocycles. The van der Waals surface area contributed by atoms with Crippen LogP contribution in [0.1, 0.15) is 45.4 Å². The van der Waals surface area contributed by atoms with Gasteiger partial charge in [-0.1, -0.05) is 19.8 Å². The molecule has 0 fully saturated rings. The van der Waals surface area contributed by atoms with Gasteiger partial charge in [0.05, 0.1) is 12.4 Å². The third-order valence-corrected chi connectivity index (χ3v) is 3.17. The van der Waals surface area contributed by atoms with E-state index in [2.05, 4.69) is 0 Å². The highest BCUT2D eigenvalue weighted by Crippen LogP contribution is 2.11. The van der Waals surface area contributed by atoms with Crippen LogP contribution in [0.25, 0.3) is 0 Å². The molecule has 0 saturated carbocycles. The van der Waals surface area contributed by atoms with Crippen LogP contribution in [-0.2, 0) is 9.53 Å². The molecule has 0 rings (SSSR count). The molecule has 0 unspecified atom stereocenters. The molecule has 5 heteroatoms. The molecular weight excluding hydrogens is 246 g/mol. The second-order valence-corrected chi connectivity index (χ2v) is 4.97. The van der Waals surface area contributed by atoms with E-state index in [0.717, 1.165) is 31.4 Å². The summed E-state index contributed by atoms with van der Waals surface area (Å²) in [6, 6.07) is 0. The molecule has 0 bridgehead atoms. The van der Waals surface area contributed by atoms with Gasteiger partial charge in [-0.25, -0.2) is 8.78 Å². The second kappa shape index (κ2) is 12.1. The summed E-state index contributed by atoms with van der Waals surface area (Å²) in [4.78, 5) is 11.1. The molecule has 0 aromatic carbocycles. The van der Waals surface area contributed by atoms with E-state index in [-0.39, 0.29) is 12.4 Å². The molecule has 0 saturated heterocycles. The smallest absolute Gasteiger partial charge is 0.315 e. The van der Waals surface area contributed by atoms with Crippen molar-refractivity contribution in [2.45, 2.75) is 51.9 Å². The predicted molar refractivity (Wildman–Crippen MR) is 67.7 cm³/mol. The standard InChI is InChI=1S/C12H22F2O2S/c1-2-8-16-12(15)10-17-9-6-4-3-5-7-11(13)14/h11H,2-10H2,1H3. The molecule has 0 radical (unpaired) electrons. The third kappa shape index (κ3) is 13.6. The molecular formula is C12H22F2O2S. The van der Waals surface area contributed by atoms with E-state index in [4.69, 9.17) is 4.74 Å². The van der Waals surface area contributed by atoms with Gasteiger partial charge in [-0.3, -0.25) is 4.79 Å². The second-order valence-electron chi connectivity index (χ2n) is 3.87. The van der Waals surface area contributed by atoms with Crippen LogP contribution in [0.3, 0.4) is 0 Å². The van der Waals surface area contributed by atoms with Crippen molar-refractivity contribution in [1.29, 1.82) is 0 Å². The molecule has 0 N–H and O–H groups in total. The molecule has 0 aliphatic rings. The number of hydrogen-bond acceptors (Lipinski definition) is 3. The Hall–Kier alpha value is -0.320. The summed E-state index contributed by atoms with van der Waals surface area (Å²) in [6.07, 6.45) is 2.08. The van der Waals surface area contributed by atoms with Crippen LogP contribution in [0.2, 0.25) is 0 Å². The molecule has 0 aliphatic carbocycles. The molecule has 0 aromatic heterocycles. The zero-order chi connectivity index (χ0) is 12.9. The number of alkyl halides is 2. The Kier molecular flexibility index (Phi) is 11.9. The van der Waals surface area contributed by atoms with Crippen LogP contribution in [0.4, 0.5) is 8.78 Å². The van der Waals surface area contributed by atoms with Crippen LogP contribution in [0, 0.1) is 0 Å². The summed E-state index contributed by atoms with van der Waals surface area (Å²) in [5.74, 6) is 1.14. The summed E-state index contributed by atoms with van der Waals surface area (Å²) in [5.41, 5.74) is 0. The lowest BCUT2D eigenvalue weighted by Gasteiger charge is -2.03. The van der Waals surface area contributed by atoms with Crippen LogP contribution in [-0.4, -0.2) is 30.5 Å². The Labute approximate surface area is 106 Å². The number of hydrogen-bond donors (Lipinski definition) is 0. The summed E-state index contributed by atoms with van der Waals surface area (Å²) in [6.45, 7) is 2.45. The van der Waals surface area contributed by atoms with Crippen molar-refractivity contribution in [3.05, 3.63) is 0 Å². The third-order valence-electron chi connectivity index (χ3n) is 2.15. The van der Waals surface area contributed by atoms with Gasteiger partial charge in [0.15, 0.2) is 0 Å². The molecule has 0 spiro atoms. The summed E-state index contributed by atoms with van der Waals surface area (Å²) in [5, 5.41) is 0. The highest BCUT2D eigenvalue weighted by Gasteiger charge is 2.03. The maximum atomic E-state index is 11.8. The Morgan fingerprint density at radius 3 is 2.59 bits per heavy atom. The van der Waals surface area contributed by atoms with E-state index in [1.54, 1.807) is 11.8 Å².